The highest BCUT2D eigenvalue weighted by atomic mass is 16.4. The van der Waals surface area contributed by atoms with E-state index < -0.39 is 5.97 Å². The van der Waals surface area contributed by atoms with Crippen LogP contribution in [0.15, 0.2) is 40.8 Å². The molecule has 0 aliphatic rings. The van der Waals surface area contributed by atoms with Crippen LogP contribution in [0.1, 0.15) is 16.1 Å². The van der Waals surface area contributed by atoms with Crippen LogP contribution >= 0.6 is 0 Å². The number of aromatic carboxylic acids is 1. The van der Waals surface area contributed by atoms with Gasteiger partial charge in [0.15, 0.2) is 0 Å². The maximum absolute atomic E-state index is 11.1. The molecule has 2 aromatic carbocycles. The summed E-state index contributed by atoms with van der Waals surface area (Å²) in [7, 11) is 0. The molecule has 4 nitrogen and oxygen atoms in total. The van der Waals surface area contributed by atoms with Gasteiger partial charge in [0.25, 0.3) is 0 Å². The number of para-hydroxylation sites is 1. The SMILES string of the molecule is Cc1c2cc(C(=O)O)[nH]c2cc2c1oc1ccccc12. The molecule has 4 heteroatoms. The standard InChI is InChI=1S/C16H11NO3/c1-8-10-6-13(16(18)19)17-12(10)7-11-9-4-2-3-5-14(9)20-15(8)11/h2-7,17H,1H3,(H,18,19). The third kappa shape index (κ3) is 1.33. The van der Waals surface area contributed by atoms with Crippen LogP contribution in [0.3, 0.4) is 0 Å². The van der Waals surface area contributed by atoms with Crippen molar-refractivity contribution in [2.45, 2.75) is 6.92 Å². The molecule has 0 unspecified atom stereocenters. The fourth-order valence-electron chi connectivity index (χ4n) is 2.76. The molecule has 4 aromatic rings. The number of hydrogen-bond acceptors (Lipinski definition) is 2. The Kier molecular flexibility index (Phi) is 2.02. The Balaban J connectivity index is 2.20. The first-order valence-electron chi connectivity index (χ1n) is 6.32. The number of H-pyrrole nitrogens is 1. The second kappa shape index (κ2) is 3.63. The van der Waals surface area contributed by atoms with Crippen LogP contribution in [0.2, 0.25) is 0 Å². The Morgan fingerprint density at radius 3 is 2.75 bits per heavy atom. The Morgan fingerprint density at radius 1 is 1.15 bits per heavy atom. The number of benzene rings is 2. The fourth-order valence-corrected chi connectivity index (χ4v) is 2.76. The number of furan rings is 1. The van der Waals surface area contributed by atoms with Crippen LogP contribution in [-0.2, 0) is 0 Å². The van der Waals surface area contributed by atoms with Crippen molar-refractivity contribution >= 4 is 38.8 Å². The summed E-state index contributed by atoms with van der Waals surface area (Å²) in [5.74, 6) is -0.956. The lowest BCUT2D eigenvalue weighted by atomic mass is 10.1. The first kappa shape index (κ1) is 11.1. The summed E-state index contributed by atoms with van der Waals surface area (Å²) in [6.45, 7) is 1.95. The van der Waals surface area contributed by atoms with Crippen molar-refractivity contribution in [3.8, 4) is 0 Å². The average Bonchev–Trinajstić information content (AvgIpc) is 3.01. The summed E-state index contributed by atoms with van der Waals surface area (Å²) in [6, 6.07) is 11.5. The summed E-state index contributed by atoms with van der Waals surface area (Å²) in [6.07, 6.45) is 0. The second-order valence-corrected chi connectivity index (χ2v) is 4.93. The Hall–Kier alpha value is -2.75. The molecule has 0 aliphatic heterocycles. The van der Waals surface area contributed by atoms with Gasteiger partial charge < -0.3 is 14.5 Å². The van der Waals surface area contributed by atoms with Gasteiger partial charge >= 0.3 is 5.97 Å². The summed E-state index contributed by atoms with van der Waals surface area (Å²) in [4.78, 5) is 14.0. The molecule has 0 saturated carbocycles. The minimum Gasteiger partial charge on any atom is -0.477 e. The van der Waals surface area contributed by atoms with E-state index in [1.54, 1.807) is 6.07 Å². The van der Waals surface area contributed by atoms with Crippen molar-refractivity contribution in [1.29, 1.82) is 0 Å². The fraction of sp³-hybridized carbons (Fsp3) is 0.0625. The zero-order valence-electron chi connectivity index (χ0n) is 10.7. The molecule has 4 rings (SSSR count). The number of carboxylic acids is 1. The number of nitrogens with one attached hydrogen (secondary N) is 1. The third-order valence-electron chi connectivity index (χ3n) is 3.75. The van der Waals surface area contributed by atoms with E-state index in [-0.39, 0.29) is 5.69 Å². The van der Waals surface area contributed by atoms with Gasteiger partial charge in [-0.25, -0.2) is 4.79 Å². The number of fused-ring (bicyclic) bond motifs is 4. The van der Waals surface area contributed by atoms with Gasteiger partial charge in [-0.2, -0.15) is 0 Å². The molecule has 0 fully saturated rings. The zero-order valence-corrected chi connectivity index (χ0v) is 10.7. The molecule has 0 bridgehead atoms. The maximum atomic E-state index is 11.1. The molecule has 2 heterocycles. The van der Waals surface area contributed by atoms with E-state index in [1.807, 2.05) is 37.3 Å². The highest BCUT2D eigenvalue weighted by molar-refractivity contribution is 6.12. The number of carboxylic acid groups (broad SMARTS) is 1. The van der Waals surface area contributed by atoms with Crippen LogP contribution < -0.4 is 0 Å². The van der Waals surface area contributed by atoms with Crippen molar-refractivity contribution in [3.63, 3.8) is 0 Å². The Labute approximate surface area is 113 Å². The highest BCUT2D eigenvalue weighted by Crippen LogP contribution is 2.35. The third-order valence-corrected chi connectivity index (χ3v) is 3.75. The lowest BCUT2D eigenvalue weighted by Crippen LogP contribution is -1.94. The zero-order chi connectivity index (χ0) is 13.9. The molecular weight excluding hydrogens is 254 g/mol. The smallest absolute Gasteiger partial charge is 0.352 e. The van der Waals surface area contributed by atoms with E-state index in [0.717, 1.165) is 38.4 Å². The van der Waals surface area contributed by atoms with Crippen LogP contribution in [0.25, 0.3) is 32.8 Å². The predicted octanol–water partition coefficient (Wildman–Crippen LogP) is 4.07. The number of aromatic amines is 1. The monoisotopic (exact) mass is 265 g/mol. The first-order valence-corrected chi connectivity index (χ1v) is 6.32. The lowest BCUT2D eigenvalue weighted by molar-refractivity contribution is 0.0691. The highest BCUT2D eigenvalue weighted by Gasteiger charge is 2.15. The number of carbonyl (C=O) groups is 1. The Bertz CT molecular complexity index is 991. The van der Waals surface area contributed by atoms with Gasteiger partial charge in [-0.05, 0) is 25.1 Å². The largest absolute Gasteiger partial charge is 0.477 e. The lowest BCUT2D eigenvalue weighted by Gasteiger charge is -1.97. The molecule has 0 radical (unpaired) electrons. The van der Waals surface area contributed by atoms with Crippen molar-refractivity contribution in [1.82, 2.24) is 4.98 Å². The topological polar surface area (TPSA) is 66.2 Å². The van der Waals surface area contributed by atoms with Crippen molar-refractivity contribution < 1.29 is 14.3 Å². The van der Waals surface area contributed by atoms with E-state index in [4.69, 9.17) is 9.52 Å². The van der Waals surface area contributed by atoms with E-state index >= 15 is 0 Å². The molecule has 0 atom stereocenters. The minimum atomic E-state index is -0.956. The minimum absolute atomic E-state index is 0.194. The maximum Gasteiger partial charge on any atom is 0.352 e. The molecule has 0 spiro atoms. The molecular formula is C16H11NO3. The molecule has 0 saturated heterocycles. The summed E-state index contributed by atoms with van der Waals surface area (Å²) >= 11 is 0. The normalized spacial score (nSPS) is 11.7. The van der Waals surface area contributed by atoms with Crippen molar-refractivity contribution in [3.05, 3.63) is 47.7 Å². The second-order valence-electron chi connectivity index (χ2n) is 4.93. The Morgan fingerprint density at radius 2 is 1.95 bits per heavy atom. The molecule has 2 aromatic heterocycles. The number of aryl methyl sites for hydroxylation is 1. The van der Waals surface area contributed by atoms with Crippen molar-refractivity contribution in [2.75, 3.05) is 0 Å². The predicted molar refractivity (Wildman–Crippen MR) is 77.3 cm³/mol. The van der Waals surface area contributed by atoms with Gasteiger partial charge in [-0.1, -0.05) is 18.2 Å². The summed E-state index contributed by atoms with van der Waals surface area (Å²) in [5.41, 5.74) is 3.63. The molecule has 20 heavy (non-hydrogen) atoms. The van der Waals surface area contributed by atoms with E-state index in [1.165, 1.54) is 0 Å². The average molecular weight is 265 g/mol. The number of hydrogen-bond donors (Lipinski definition) is 2. The van der Waals surface area contributed by atoms with E-state index in [0.29, 0.717) is 0 Å². The van der Waals surface area contributed by atoms with Gasteiger partial charge in [0, 0.05) is 27.2 Å². The van der Waals surface area contributed by atoms with Crippen LogP contribution in [0, 0.1) is 6.92 Å². The molecule has 98 valence electrons. The van der Waals surface area contributed by atoms with Gasteiger partial charge in [0.05, 0.1) is 0 Å². The summed E-state index contributed by atoms with van der Waals surface area (Å²) < 4.78 is 5.90. The van der Waals surface area contributed by atoms with Crippen LogP contribution in [0.4, 0.5) is 0 Å². The van der Waals surface area contributed by atoms with E-state index in [9.17, 15) is 4.79 Å². The van der Waals surface area contributed by atoms with Crippen LogP contribution in [0.5, 0.6) is 0 Å². The van der Waals surface area contributed by atoms with Gasteiger partial charge in [0.2, 0.25) is 0 Å². The van der Waals surface area contributed by atoms with Gasteiger partial charge in [-0.15, -0.1) is 0 Å². The number of rotatable bonds is 1. The molecule has 0 amide bonds. The quantitative estimate of drug-likeness (QED) is 0.545. The van der Waals surface area contributed by atoms with E-state index in [2.05, 4.69) is 4.98 Å². The van der Waals surface area contributed by atoms with Crippen LogP contribution in [-0.4, -0.2) is 16.1 Å². The first-order chi connectivity index (χ1) is 9.65. The molecule has 0 aliphatic carbocycles. The van der Waals surface area contributed by atoms with Gasteiger partial charge in [0.1, 0.15) is 16.9 Å². The van der Waals surface area contributed by atoms with Crippen molar-refractivity contribution in [2.24, 2.45) is 0 Å². The van der Waals surface area contributed by atoms with Gasteiger partial charge in [-0.3, -0.25) is 0 Å². The summed E-state index contributed by atoms with van der Waals surface area (Å²) in [5, 5.41) is 12.0. The molecule has 2 N–H and O–H groups in total. The number of aromatic nitrogens is 1.